The van der Waals surface area contributed by atoms with Gasteiger partial charge >= 0.3 is 0 Å². The topological polar surface area (TPSA) is 40.5 Å². The van der Waals surface area contributed by atoms with Crippen LogP contribution in [0.2, 0.25) is 0 Å². The molecule has 0 fully saturated rings. The number of benzene rings is 1. The Morgan fingerprint density at radius 3 is 1.94 bits per heavy atom. The molecule has 0 aliphatic rings. The summed E-state index contributed by atoms with van der Waals surface area (Å²) < 4.78 is 0. The summed E-state index contributed by atoms with van der Waals surface area (Å²) in [7, 11) is 0. The molecule has 0 aliphatic heterocycles. The van der Waals surface area contributed by atoms with E-state index in [1.54, 1.807) is 25.6 Å². The lowest BCUT2D eigenvalue weighted by Gasteiger charge is -2.41. The molecule has 0 saturated heterocycles. The molecule has 2 N–H and O–H groups in total. The van der Waals surface area contributed by atoms with Crippen molar-refractivity contribution >= 4 is 11.8 Å². The van der Waals surface area contributed by atoms with Crippen LogP contribution in [0.4, 0.5) is 0 Å². The molecule has 0 aromatic heterocycles. The van der Waals surface area contributed by atoms with Crippen LogP contribution in [0.1, 0.15) is 40.5 Å². The standard InChI is InChI=1S/C15H24O2S/c1-5-15(17,6-2)13(14(3,4)16)18-12-10-8-7-9-11-12/h7-11,13,16-17H,5-6H2,1-4H3. The van der Waals surface area contributed by atoms with Crippen molar-refractivity contribution in [3.8, 4) is 0 Å². The quantitative estimate of drug-likeness (QED) is 0.776. The lowest BCUT2D eigenvalue weighted by molar-refractivity contribution is -0.0421. The summed E-state index contributed by atoms with van der Waals surface area (Å²) >= 11 is 1.55. The summed E-state index contributed by atoms with van der Waals surface area (Å²) in [6.45, 7) is 7.47. The molecule has 1 unspecified atom stereocenters. The number of thioether (sulfide) groups is 1. The predicted molar refractivity (Wildman–Crippen MR) is 77.9 cm³/mol. The third kappa shape index (κ3) is 3.74. The minimum atomic E-state index is -0.929. The van der Waals surface area contributed by atoms with E-state index in [9.17, 15) is 10.2 Å². The Morgan fingerprint density at radius 2 is 1.56 bits per heavy atom. The van der Waals surface area contributed by atoms with Crippen molar-refractivity contribution in [1.29, 1.82) is 0 Å². The zero-order chi connectivity index (χ0) is 13.8. The van der Waals surface area contributed by atoms with Crippen LogP contribution in [0.3, 0.4) is 0 Å². The second-order valence-corrected chi connectivity index (χ2v) is 6.45. The Morgan fingerprint density at radius 1 is 1.06 bits per heavy atom. The van der Waals surface area contributed by atoms with Crippen LogP contribution in [0.25, 0.3) is 0 Å². The number of hydrogen-bond donors (Lipinski definition) is 2. The smallest absolute Gasteiger partial charge is 0.0791 e. The van der Waals surface area contributed by atoms with Gasteiger partial charge in [0.25, 0.3) is 0 Å². The molecule has 1 aromatic rings. The molecule has 2 nitrogen and oxygen atoms in total. The second-order valence-electron chi connectivity index (χ2n) is 5.28. The molecule has 18 heavy (non-hydrogen) atoms. The molecule has 0 saturated carbocycles. The third-order valence-corrected chi connectivity index (χ3v) is 5.15. The van der Waals surface area contributed by atoms with Crippen LogP contribution < -0.4 is 0 Å². The van der Waals surface area contributed by atoms with E-state index in [-0.39, 0.29) is 5.25 Å². The first-order valence-corrected chi connectivity index (χ1v) is 7.38. The highest BCUT2D eigenvalue weighted by molar-refractivity contribution is 8.00. The van der Waals surface area contributed by atoms with Crippen LogP contribution in [-0.4, -0.2) is 26.7 Å². The van der Waals surface area contributed by atoms with Crippen LogP contribution in [-0.2, 0) is 0 Å². The molecule has 0 spiro atoms. The van der Waals surface area contributed by atoms with E-state index >= 15 is 0 Å². The van der Waals surface area contributed by atoms with Crippen molar-refractivity contribution in [2.45, 2.75) is 61.9 Å². The first-order valence-electron chi connectivity index (χ1n) is 6.50. The monoisotopic (exact) mass is 268 g/mol. The van der Waals surface area contributed by atoms with Gasteiger partial charge < -0.3 is 10.2 Å². The van der Waals surface area contributed by atoms with Crippen LogP contribution in [0, 0.1) is 0 Å². The highest BCUT2D eigenvalue weighted by Gasteiger charge is 2.43. The van der Waals surface area contributed by atoms with Crippen LogP contribution >= 0.6 is 11.8 Å². The first kappa shape index (κ1) is 15.5. The second kappa shape index (κ2) is 6.09. The Kier molecular flexibility index (Phi) is 5.26. The largest absolute Gasteiger partial charge is 0.389 e. The van der Waals surface area contributed by atoms with Gasteiger partial charge in [0.05, 0.1) is 16.5 Å². The van der Waals surface area contributed by atoms with E-state index in [1.807, 2.05) is 44.2 Å². The van der Waals surface area contributed by atoms with E-state index in [4.69, 9.17) is 0 Å². The van der Waals surface area contributed by atoms with E-state index in [0.29, 0.717) is 12.8 Å². The van der Waals surface area contributed by atoms with Gasteiger partial charge in [0.15, 0.2) is 0 Å². The third-order valence-electron chi connectivity index (χ3n) is 3.35. The number of hydrogen-bond acceptors (Lipinski definition) is 3. The molecule has 1 aromatic carbocycles. The van der Waals surface area contributed by atoms with Gasteiger partial charge in [-0.25, -0.2) is 0 Å². The zero-order valence-corrected chi connectivity index (χ0v) is 12.5. The fourth-order valence-electron chi connectivity index (χ4n) is 2.17. The summed E-state index contributed by atoms with van der Waals surface area (Å²) in [4.78, 5) is 1.07. The van der Waals surface area contributed by atoms with Crippen molar-refractivity contribution in [2.24, 2.45) is 0 Å². The maximum Gasteiger partial charge on any atom is 0.0791 e. The van der Waals surface area contributed by atoms with Crippen LogP contribution in [0.15, 0.2) is 35.2 Å². The van der Waals surface area contributed by atoms with E-state index in [1.165, 1.54) is 0 Å². The summed E-state index contributed by atoms with van der Waals surface area (Å²) in [6.07, 6.45) is 1.27. The molecule has 1 atom stereocenters. The number of rotatable bonds is 6. The van der Waals surface area contributed by atoms with Gasteiger partial charge in [-0.3, -0.25) is 0 Å². The Labute approximate surface area is 114 Å². The molecule has 0 amide bonds. The maximum absolute atomic E-state index is 10.7. The van der Waals surface area contributed by atoms with Crippen molar-refractivity contribution in [2.75, 3.05) is 0 Å². The zero-order valence-electron chi connectivity index (χ0n) is 11.7. The molecule has 0 bridgehead atoms. The lowest BCUT2D eigenvalue weighted by Crippen LogP contribution is -2.51. The van der Waals surface area contributed by atoms with Gasteiger partial charge in [-0.2, -0.15) is 0 Å². The summed E-state index contributed by atoms with van der Waals surface area (Å²) in [5, 5.41) is 20.8. The average Bonchev–Trinajstić information content (AvgIpc) is 2.35. The van der Waals surface area contributed by atoms with Gasteiger partial charge in [0, 0.05) is 4.90 Å². The van der Waals surface area contributed by atoms with Crippen molar-refractivity contribution < 1.29 is 10.2 Å². The molecule has 0 aliphatic carbocycles. The molecule has 0 radical (unpaired) electrons. The van der Waals surface area contributed by atoms with E-state index in [2.05, 4.69) is 0 Å². The fraction of sp³-hybridized carbons (Fsp3) is 0.600. The highest BCUT2D eigenvalue weighted by Crippen LogP contribution is 2.40. The van der Waals surface area contributed by atoms with Crippen molar-refractivity contribution in [3.05, 3.63) is 30.3 Å². The molecule has 1 rings (SSSR count). The Balaban J connectivity index is 3.00. The molecule has 3 heteroatoms. The van der Waals surface area contributed by atoms with Crippen LogP contribution in [0.5, 0.6) is 0 Å². The average molecular weight is 268 g/mol. The molecule has 0 heterocycles. The fourth-order valence-corrected chi connectivity index (χ4v) is 3.59. The highest BCUT2D eigenvalue weighted by atomic mass is 32.2. The molecule has 102 valence electrons. The predicted octanol–water partition coefficient (Wildman–Crippen LogP) is 3.47. The Bertz CT molecular complexity index is 353. The van der Waals surface area contributed by atoms with Gasteiger partial charge in [-0.05, 0) is 38.8 Å². The summed E-state index contributed by atoms with van der Waals surface area (Å²) in [5.41, 5.74) is -1.78. The minimum Gasteiger partial charge on any atom is -0.389 e. The van der Waals surface area contributed by atoms with Gasteiger partial charge in [-0.1, -0.05) is 32.0 Å². The van der Waals surface area contributed by atoms with E-state index in [0.717, 1.165) is 4.90 Å². The van der Waals surface area contributed by atoms with Gasteiger partial charge in [0.2, 0.25) is 0 Å². The lowest BCUT2D eigenvalue weighted by atomic mass is 9.84. The Hall–Kier alpha value is -0.510. The summed E-state index contributed by atoms with van der Waals surface area (Å²) in [6, 6.07) is 9.93. The van der Waals surface area contributed by atoms with E-state index < -0.39 is 11.2 Å². The molecular formula is C15H24O2S. The van der Waals surface area contributed by atoms with Gasteiger partial charge in [0.1, 0.15) is 0 Å². The van der Waals surface area contributed by atoms with Crippen molar-refractivity contribution in [3.63, 3.8) is 0 Å². The first-order chi connectivity index (χ1) is 8.33. The molecular weight excluding hydrogens is 244 g/mol. The van der Waals surface area contributed by atoms with Gasteiger partial charge in [-0.15, -0.1) is 11.8 Å². The SMILES string of the molecule is CCC(O)(CC)C(Sc1ccccc1)C(C)(C)O. The summed E-state index contributed by atoms with van der Waals surface area (Å²) in [5.74, 6) is 0. The minimum absolute atomic E-state index is 0.248. The maximum atomic E-state index is 10.7. The normalized spacial score (nSPS) is 14.6. The number of aliphatic hydroxyl groups is 2. The van der Waals surface area contributed by atoms with Crippen molar-refractivity contribution in [1.82, 2.24) is 0 Å².